The molecule has 1 aromatic rings. The van der Waals surface area contributed by atoms with Crippen molar-refractivity contribution in [2.75, 3.05) is 0 Å². The van der Waals surface area contributed by atoms with Gasteiger partial charge in [-0.2, -0.15) is 0 Å². The van der Waals surface area contributed by atoms with Crippen LogP contribution < -0.4 is 15.8 Å². The summed E-state index contributed by atoms with van der Waals surface area (Å²) in [4.78, 5) is 36.3. The number of carbonyl (C=O) groups excluding carboxylic acids is 2. The fraction of sp³-hybridized carbons (Fsp3) is 0.120. The first-order chi connectivity index (χ1) is 15.2. The minimum Gasteiger partial charge on any atom is -0.382 e. The lowest BCUT2D eigenvalue weighted by Gasteiger charge is -2.17. The van der Waals surface area contributed by atoms with E-state index in [4.69, 9.17) is 4.84 Å². The predicted octanol–water partition coefficient (Wildman–Crippen LogP) is 1.51. The van der Waals surface area contributed by atoms with E-state index in [9.17, 15) is 9.59 Å². The van der Waals surface area contributed by atoms with Crippen molar-refractivity contribution in [1.29, 1.82) is 0 Å². The summed E-state index contributed by atoms with van der Waals surface area (Å²) < 4.78 is 0. The van der Waals surface area contributed by atoms with Crippen LogP contribution in [0, 0.1) is 0 Å². The standard InChI is InChI=1S/C25H17N3O3/c29-24-22-18-12-14(15-7-1-2-8-16(15)18)6-5-11-26-21-13-19(23(22)25(30)27-24)17-9-3-4-10-20(17)31-28-21/h1-11,20H,12-13H2,(H,27,29,30)/b6-5-,26-11+. The van der Waals surface area contributed by atoms with Crippen molar-refractivity contribution in [2.45, 2.75) is 18.9 Å². The second-order valence-electron chi connectivity index (χ2n) is 7.78. The van der Waals surface area contributed by atoms with Gasteiger partial charge >= 0.3 is 0 Å². The fourth-order valence-electron chi connectivity index (χ4n) is 4.70. The average Bonchev–Trinajstić information content (AvgIpc) is 3.20. The van der Waals surface area contributed by atoms with Crippen LogP contribution in [-0.2, 0) is 14.4 Å². The number of allylic oxidation sites excluding steroid dienone is 4. The van der Waals surface area contributed by atoms with Gasteiger partial charge in [0.1, 0.15) is 0 Å². The first-order valence-electron chi connectivity index (χ1n) is 10.1. The Morgan fingerprint density at radius 2 is 1.71 bits per heavy atom. The number of carbonyl (C=O) groups is 2. The number of imide groups is 1. The maximum absolute atomic E-state index is 13.1. The summed E-state index contributed by atoms with van der Waals surface area (Å²) in [6, 6.07) is 7.99. The molecule has 2 aliphatic carbocycles. The molecule has 3 aliphatic heterocycles. The molecule has 1 atom stereocenters. The van der Waals surface area contributed by atoms with Crippen LogP contribution in [0.1, 0.15) is 12.8 Å². The number of aliphatic imine (C=N–C) groups is 1. The molecule has 2 amide bonds. The maximum Gasteiger partial charge on any atom is 0.259 e. The van der Waals surface area contributed by atoms with Crippen LogP contribution in [0.15, 0.2) is 93.2 Å². The first kappa shape index (κ1) is 17.8. The molecule has 0 fully saturated rings. The van der Waals surface area contributed by atoms with E-state index >= 15 is 0 Å². The Balaban J connectivity index is 1.74. The molecule has 6 nitrogen and oxygen atoms in total. The maximum atomic E-state index is 13.1. The number of hydrogen-bond acceptors (Lipinski definition) is 5. The van der Waals surface area contributed by atoms with E-state index in [2.05, 4.69) is 15.5 Å². The van der Waals surface area contributed by atoms with E-state index in [1.54, 1.807) is 6.21 Å². The normalized spacial score (nSPS) is 25.5. The van der Waals surface area contributed by atoms with E-state index < -0.39 is 6.10 Å². The van der Waals surface area contributed by atoms with Gasteiger partial charge in [-0.3, -0.25) is 14.9 Å². The lowest BCUT2D eigenvalue weighted by molar-refractivity contribution is -0.123. The van der Waals surface area contributed by atoms with Crippen molar-refractivity contribution in [1.82, 2.24) is 5.32 Å². The summed E-state index contributed by atoms with van der Waals surface area (Å²) in [5.74, 6) is -0.303. The highest BCUT2D eigenvalue weighted by atomic mass is 16.6. The highest BCUT2D eigenvalue weighted by Gasteiger charge is 2.38. The highest BCUT2D eigenvalue weighted by molar-refractivity contribution is 6.27. The number of hydrogen-bond donors (Lipinski definition) is 1. The van der Waals surface area contributed by atoms with Crippen molar-refractivity contribution in [3.63, 3.8) is 0 Å². The number of amides is 2. The Labute approximate surface area is 177 Å². The molecule has 1 unspecified atom stereocenters. The number of nitrogens with one attached hydrogen (secondary N) is 1. The summed E-state index contributed by atoms with van der Waals surface area (Å²) in [7, 11) is 0. The largest absolute Gasteiger partial charge is 0.382 e. The van der Waals surface area contributed by atoms with Gasteiger partial charge in [0.15, 0.2) is 11.9 Å². The SMILES string of the molecule is O=C1NC(=O)C2=C1C1=C3C=CC=CC3ON=C(C1)/N=C/C=C\C1=c3ccccc3=C2C1. The Morgan fingerprint density at radius 1 is 0.903 bits per heavy atom. The van der Waals surface area contributed by atoms with Crippen molar-refractivity contribution >= 4 is 35.0 Å². The molecule has 0 radical (unpaired) electrons. The lowest BCUT2D eigenvalue weighted by atomic mass is 9.86. The third-order valence-corrected chi connectivity index (χ3v) is 6.04. The molecule has 6 rings (SSSR count). The van der Waals surface area contributed by atoms with Crippen LogP contribution in [0.25, 0.3) is 11.1 Å². The molecule has 4 bridgehead atoms. The molecule has 1 aromatic carbocycles. The Morgan fingerprint density at radius 3 is 2.58 bits per heavy atom. The quantitative estimate of drug-likeness (QED) is 0.662. The minimum absolute atomic E-state index is 0.291. The van der Waals surface area contributed by atoms with E-state index in [1.807, 2.05) is 60.7 Å². The summed E-state index contributed by atoms with van der Waals surface area (Å²) in [6.07, 6.45) is 13.6. The number of amidine groups is 1. The molecule has 1 N–H and O–H groups in total. The smallest absolute Gasteiger partial charge is 0.259 e. The van der Waals surface area contributed by atoms with Crippen molar-refractivity contribution in [2.24, 2.45) is 10.1 Å². The number of fused-ring (bicyclic) bond motifs is 8. The number of benzene rings is 1. The molecule has 150 valence electrons. The van der Waals surface area contributed by atoms with Crippen LogP contribution in [0.3, 0.4) is 0 Å². The van der Waals surface area contributed by atoms with Gasteiger partial charge in [0.2, 0.25) is 0 Å². The number of oxime groups is 1. The summed E-state index contributed by atoms with van der Waals surface area (Å²) in [6.45, 7) is 0. The zero-order valence-electron chi connectivity index (χ0n) is 16.5. The van der Waals surface area contributed by atoms with E-state index in [-0.39, 0.29) is 11.8 Å². The van der Waals surface area contributed by atoms with Crippen LogP contribution >= 0.6 is 0 Å². The van der Waals surface area contributed by atoms with Gasteiger partial charge in [0, 0.05) is 18.2 Å². The monoisotopic (exact) mass is 407 g/mol. The summed E-state index contributed by atoms with van der Waals surface area (Å²) in [5.41, 5.74) is 4.33. The van der Waals surface area contributed by atoms with Gasteiger partial charge in [0.05, 0.1) is 11.1 Å². The predicted molar refractivity (Wildman–Crippen MR) is 117 cm³/mol. The minimum atomic E-state index is -0.436. The summed E-state index contributed by atoms with van der Waals surface area (Å²) in [5, 5.41) is 8.79. The molecule has 3 heterocycles. The summed E-state index contributed by atoms with van der Waals surface area (Å²) >= 11 is 0. The zero-order valence-corrected chi connectivity index (χ0v) is 16.5. The second-order valence-corrected chi connectivity index (χ2v) is 7.78. The molecule has 31 heavy (non-hydrogen) atoms. The molecule has 0 spiro atoms. The van der Waals surface area contributed by atoms with Gasteiger partial charge in [-0.1, -0.05) is 53.7 Å². The van der Waals surface area contributed by atoms with E-state index in [0.717, 1.165) is 32.7 Å². The topological polar surface area (TPSA) is 80.1 Å². The number of rotatable bonds is 0. The zero-order chi connectivity index (χ0) is 20.9. The van der Waals surface area contributed by atoms with Crippen molar-refractivity contribution in [3.8, 4) is 0 Å². The molecule has 0 saturated heterocycles. The lowest BCUT2D eigenvalue weighted by Crippen LogP contribution is -2.26. The molecule has 6 heteroatoms. The van der Waals surface area contributed by atoms with Crippen LogP contribution in [-0.4, -0.2) is 30.0 Å². The Hall–Kier alpha value is -4.06. The average molecular weight is 407 g/mol. The van der Waals surface area contributed by atoms with Crippen molar-refractivity contribution in [3.05, 3.63) is 93.5 Å². The van der Waals surface area contributed by atoms with Crippen molar-refractivity contribution < 1.29 is 14.4 Å². The van der Waals surface area contributed by atoms with Crippen LogP contribution in [0.2, 0.25) is 0 Å². The van der Waals surface area contributed by atoms with Crippen LogP contribution in [0.4, 0.5) is 0 Å². The second kappa shape index (κ2) is 6.74. The van der Waals surface area contributed by atoms with E-state index in [0.29, 0.717) is 29.8 Å². The van der Waals surface area contributed by atoms with Crippen LogP contribution in [0.5, 0.6) is 0 Å². The van der Waals surface area contributed by atoms with Gasteiger partial charge in [-0.05, 0) is 45.7 Å². The number of nitrogens with zero attached hydrogens (tertiary/aromatic N) is 2. The molecule has 5 aliphatic rings. The van der Waals surface area contributed by atoms with Gasteiger partial charge in [0.25, 0.3) is 11.8 Å². The Kier molecular flexibility index (Phi) is 3.86. The molecule has 0 aromatic heterocycles. The molecule has 0 saturated carbocycles. The van der Waals surface area contributed by atoms with E-state index in [1.165, 1.54) is 0 Å². The Bertz CT molecular complexity index is 1410. The molecular weight excluding hydrogens is 390 g/mol. The highest BCUT2D eigenvalue weighted by Crippen LogP contribution is 2.37. The van der Waals surface area contributed by atoms with Gasteiger partial charge in [-0.25, -0.2) is 4.99 Å². The molecular formula is C25H17N3O3. The van der Waals surface area contributed by atoms with Gasteiger partial charge in [-0.15, -0.1) is 0 Å². The fourth-order valence-corrected chi connectivity index (χ4v) is 4.70. The first-order valence-corrected chi connectivity index (χ1v) is 10.1. The van der Waals surface area contributed by atoms with Gasteiger partial charge < -0.3 is 4.84 Å². The third-order valence-electron chi connectivity index (χ3n) is 6.04. The third kappa shape index (κ3) is 2.72.